The number of hydrogen-bond acceptors (Lipinski definition) is 3. The summed E-state index contributed by atoms with van der Waals surface area (Å²) in [5, 5.41) is 8.66. The molecule has 5 heteroatoms. The summed E-state index contributed by atoms with van der Waals surface area (Å²) >= 11 is 0. The molecular formula is C13H13NO4. The Hall–Kier alpha value is -2.17. The number of carbonyl (C=O) groups is 3. The van der Waals surface area contributed by atoms with Crippen LogP contribution in [-0.4, -0.2) is 34.3 Å². The first-order valence-corrected chi connectivity index (χ1v) is 5.61. The van der Waals surface area contributed by atoms with Crippen LogP contribution in [0, 0.1) is 6.92 Å². The van der Waals surface area contributed by atoms with E-state index in [1.54, 1.807) is 6.07 Å². The van der Waals surface area contributed by atoms with Crippen LogP contribution in [0.25, 0.3) is 0 Å². The number of aryl methyl sites for hydroxylation is 1. The summed E-state index contributed by atoms with van der Waals surface area (Å²) in [6.07, 6.45) is 0.0512. The first-order valence-electron chi connectivity index (χ1n) is 5.61. The predicted molar refractivity (Wildman–Crippen MR) is 62.9 cm³/mol. The highest BCUT2D eigenvalue weighted by Gasteiger charge is 2.40. The van der Waals surface area contributed by atoms with E-state index < -0.39 is 30.2 Å². The predicted octanol–water partition coefficient (Wildman–Crippen LogP) is 0.922. The minimum Gasteiger partial charge on any atom is -0.480 e. The highest BCUT2D eigenvalue weighted by Crippen LogP contribution is 2.29. The summed E-state index contributed by atoms with van der Waals surface area (Å²) in [4.78, 5) is 35.0. The van der Waals surface area contributed by atoms with E-state index in [2.05, 4.69) is 0 Å². The number of imide groups is 1. The average Bonchev–Trinajstić information content (AvgIpc) is 2.56. The summed E-state index contributed by atoms with van der Waals surface area (Å²) in [5.41, 5.74) is 1.77. The zero-order valence-electron chi connectivity index (χ0n) is 9.92. The van der Waals surface area contributed by atoms with Crippen molar-refractivity contribution < 1.29 is 19.5 Å². The minimum absolute atomic E-state index is 0.0512. The maximum absolute atomic E-state index is 12.0. The molecule has 1 aromatic rings. The lowest BCUT2D eigenvalue weighted by atomic mass is 9.96. The third-order valence-electron chi connectivity index (χ3n) is 2.98. The molecule has 1 heterocycles. The summed E-state index contributed by atoms with van der Waals surface area (Å²) in [5.74, 6) is -2.57. The van der Waals surface area contributed by atoms with Crippen LogP contribution in [0.4, 0.5) is 0 Å². The molecule has 1 aliphatic heterocycles. The number of rotatable bonds is 3. The lowest BCUT2D eigenvalue weighted by Crippen LogP contribution is -2.35. The second kappa shape index (κ2) is 4.60. The second-order valence-corrected chi connectivity index (χ2v) is 4.38. The molecule has 1 fully saturated rings. The fraction of sp³-hybridized carbons (Fsp3) is 0.308. The summed E-state index contributed by atoms with van der Waals surface area (Å²) < 4.78 is 0. The molecule has 2 rings (SSSR count). The van der Waals surface area contributed by atoms with E-state index in [1.165, 1.54) is 0 Å². The maximum atomic E-state index is 12.0. The molecule has 0 bridgehead atoms. The van der Waals surface area contributed by atoms with Gasteiger partial charge in [0, 0.05) is 6.42 Å². The van der Waals surface area contributed by atoms with E-state index in [0.717, 1.165) is 16.0 Å². The zero-order valence-corrected chi connectivity index (χ0v) is 9.92. The Kier molecular flexibility index (Phi) is 3.14. The van der Waals surface area contributed by atoms with Crippen molar-refractivity contribution in [2.24, 2.45) is 0 Å². The highest BCUT2D eigenvalue weighted by molar-refractivity contribution is 6.07. The van der Waals surface area contributed by atoms with Gasteiger partial charge in [0.15, 0.2) is 0 Å². The molecule has 2 amide bonds. The first-order chi connectivity index (χ1) is 8.49. The Balaban J connectivity index is 2.25. The Morgan fingerprint density at radius 3 is 2.78 bits per heavy atom. The largest absolute Gasteiger partial charge is 0.480 e. The Bertz CT molecular complexity index is 523. The first kappa shape index (κ1) is 12.3. The van der Waals surface area contributed by atoms with Crippen molar-refractivity contribution in [3.05, 3.63) is 35.4 Å². The maximum Gasteiger partial charge on any atom is 0.323 e. The molecule has 1 atom stereocenters. The molecule has 1 N–H and O–H groups in total. The van der Waals surface area contributed by atoms with Gasteiger partial charge >= 0.3 is 5.97 Å². The summed E-state index contributed by atoms with van der Waals surface area (Å²) in [6, 6.07) is 7.36. The van der Waals surface area contributed by atoms with Crippen molar-refractivity contribution in [2.45, 2.75) is 19.3 Å². The van der Waals surface area contributed by atoms with Crippen LogP contribution in [0.3, 0.4) is 0 Å². The smallest absolute Gasteiger partial charge is 0.323 e. The third kappa shape index (κ3) is 2.25. The number of carboxylic acids is 1. The molecule has 94 valence electrons. The van der Waals surface area contributed by atoms with Crippen LogP contribution in [0.1, 0.15) is 23.5 Å². The van der Waals surface area contributed by atoms with Crippen molar-refractivity contribution in [3.8, 4) is 0 Å². The van der Waals surface area contributed by atoms with E-state index in [0.29, 0.717) is 0 Å². The normalized spacial score (nSPS) is 19.4. The lowest BCUT2D eigenvalue weighted by molar-refractivity contribution is -0.148. The number of nitrogens with zero attached hydrogens (tertiary/aromatic N) is 1. The molecule has 0 aliphatic carbocycles. The molecule has 18 heavy (non-hydrogen) atoms. The molecule has 0 saturated carbocycles. The van der Waals surface area contributed by atoms with Crippen molar-refractivity contribution in [1.82, 2.24) is 4.90 Å². The topological polar surface area (TPSA) is 74.7 Å². The molecule has 1 aliphatic rings. The number of carbonyl (C=O) groups excluding carboxylic acids is 2. The minimum atomic E-state index is -1.18. The number of likely N-dealkylation sites (tertiary alicyclic amines) is 1. The Labute approximate surface area is 104 Å². The number of hydrogen-bond donors (Lipinski definition) is 1. The summed E-state index contributed by atoms with van der Waals surface area (Å²) in [6.45, 7) is 1.35. The molecule has 0 spiro atoms. The van der Waals surface area contributed by atoms with Gasteiger partial charge in [-0.3, -0.25) is 19.3 Å². The van der Waals surface area contributed by atoms with Gasteiger partial charge in [-0.05, 0) is 12.5 Å². The molecular weight excluding hydrogens is 234 g/mol. The molecule has 1 unspecified atom stereocenters. The van der Waals surface area contributed by atoms with Gasteiger partial charge < -0.3 is 5.11 Å². The molecule has 1 saturated heterocycles. The molecule has 5 nitrogen and oxygen atoms in total. The van der Waals surface area contributed by atoms with Gasteiger partial charge in [-0.25, -0.2) is 0 Å². The third-order valence-corrected chi connectivity index (χ3v) is 2.98. The van der Waals surface area contributed by atoms with Crippen LogP contribution >= 0.6 is 0 Å². The number of amides is 2. The van der Waals surface area contributed by atoms with Crippen LogP contribution < -0.4 is 0 Å². The number of carboxylic acid groups (broad SMARTS) is 1. The molecule has 1 aromatic carbocycles. The van der Waals surface area contributed by atoms with Crippen LogP contribution in [0.15, 0.2) is 24.3 Å². The van der Waals surface area contributed by atoms with Gasteiger partial charge in [-0.1, -0.05) is 29.8 Å². The highest BCUT2D eigenvalue weighted by atomic mass is 16.4. The van der Waals surface area contributed by atoms with Gasteiger partial charge in [-0.15, -0.1) is 0 Å². The van der Waals surface area contributed by atoms with Gasteiger partial charge in [0.05, 0.1) is 5.92 Å². The number of benzene rings is 1. The van der Waals surface area contributed by atoms with Gasteiger partial charge in [-0.2, -0.15) is 0 Å². The zero-order chi connectivity index (χ0) is 13.3. The fourth-order valence-electron chi connectivity index (χ4n) is 2.13. The van der Waals surface area contributed by atoms with Crippen LogP contribution in [-0.2, 0) is 14.4 Å². The lowest BCUT2D eigenvalue weighted by Gasteiger charge is -2.12. The fourth-order valence-corrected chi connectivity index (χ4v) is 2.13. The molecule has 0 radical (unpaired) electrons. The van der Waals surface area contributed by atoms with Crippen LogP contribution in [0.5, 0.6) is 0 Å². The van der Waals surface area contributed by atoms with Crippen molar-refractivity contribution in [2.75, 3.05) is 6.54 Å². The number of aliphatic carboxylic acids is 1. The monoisotopic (exact) mass is 247 g/mol. The van der Waals surface area contributed by atoms with E-state index >= 15 is 0 Å². The molecule has 0 aromatic heterocycles. The van der Waals surface area contributed by atoms with Gasteiger partial charge in [0.25, 0.3) is 0 Å². The van der Waals surface area contributed by atoms with Crippen molar-refractivity contribution in [3.63, 3.8) is 0 Å². The van der Waals surface area contributed by atoms with Crippen molar-refractivity contribution >= 4 is 17.8 Å². The average molecular weight is 247 g/mol. The standard InChI is InChI=1S/C13H13NO4/c1-8-3-2-4-9(5-8)10-6-11(15)14(13(10)18)7-12(16)17/h2-5,10H,6-7H2,1H3,(H,16,17). The van der Waals surface area contributed by atoms with E-state index in [4.69, 9.17) is 5.11 Å². The van der Waals surface area contributed by atoms with E-state index in [1.807, 2.05) is 25.1 Å². The van der Waals surface area contributed by atoms with E-state index in [-0.39, 0.29) is 6.42 Å². The SMILES string of the molecule is Cc1cccc(C2CC(=O)N(CC(=O)O)C2=O)c1. The second-order valence-electron chi connectivity index (χ2n) is 4.38. The Morgan fingerprint density at radius 1 is 1.44 bits per heavy atom. The summed E-state index contributed by atoms with van der Waals surface area (Å²) in [7, 11) is 0. The quantitative estimate of drug-likeness (QED) is 0.806. The van der Waals surface area contributed by atoms with Crippen LogP contribution in [0.2, 0.25) is 0 Å². The van der Waals surface area contributed by atoms with Crippen molar-refractivity contribution in [1.29, 1.82) is 0 Å². The van der Waals surface area contributed by atoms with Gasteiger partial charge in [0.1, 0.15) is 6.54 Å². The van der Waals surface area contributed by atoms with E-state index in [9.17, 15) is 14.4 Å². The van der Waals surface area contributed by atoms with Gasteiger partial charge in [0.2, 0.25) is 11.8 Å². The Morgan fingerprint density at radius 2 is 2.17 bits per heavy atom.